The molecule has 0 bridgehead atoms. The molecule has 0 N–H and O–H groups in total. The average molecular weight is 332 g/mol. The van der Waals surface area contributed by atoms with E-state index < -0.39 is 35.2 Å². The summed E-state index contributed by atoms with van der Waals surface area (Å²) < 4.78 is 55.8. The predicted molar refractivity (Wildman–Crippen MR) is 78.3 cm³/mol. The Morgan fingerprint density at radius 3 is 2.25 bits per heavy atom. The van der Waals surface area contributed by atoms with E-state index in [0.29, 0.717) is 6.07 Å². The fraction of sp³-hybridized carbons (Fsp3) is 0.0588. The second kappa shape index (κ2) is 5.81. The molecule has 1 heterocycles. The lowest BCUT2D eigenvalue weighted by Gasteiger charge is -2.13. The lowest BCUT2D eigenvalue weighted by atomic mass is 10.1. The number of nitrogens with zero attached hydrogens (tertiary/aromatic N) is 2. The van der Waals surface area contributed by atoms with Gasteiger partial charge in [0.05, 0.1) is 17.4 Å². The Morgan fingerprint density at radius 2 is 1.62 bits per heavy atom. The summed E-state index contributed by atoms with van der Waals surface area (Å²) in [7, 11) is 0. The van der Waals surface area contributed by atoms with Crippen LogP contribution in [-0.4, -0.2) is 4.57 Å². The van der Waals surface area contributed by atoms with E-state index in [0.717, 1.165) is 29.0 Å². The number of nitriles is 1. The first-order valence-electron chi connectivity index (χ1n) is 6.77. The van der Waals surface area contributed by atoms with Crippen LogP contribution in [0.4, 0.5) is 17.6 Å². The normalized spacial score (nSPS) is 10.8. The van der Waals surface area contributed by atoms with E-state index >= 15 is 0 Å². The summed E-state index contributed by atoms with van der Waals surface area (Å²) in [5, 5.41) is 8.78. The Hall–Kier alpha value is -3.14. The van der Waals surface area contributed by atoms with Gasteiger partial charge in [0.25, 0.3) is 0 Å². The van der Waals surface area contributed by atoms with Gasteiger partial charge in [-0.15, -0.1) is 0 Å². The van der Waals surface area contributed by atoms with Crippen LogP contribution in [0, 0.1) is 34.6 Å². The third kappa shape index (κ3) is 2.52. The molecule has 0 saturated heterocycles. The van der Waals surface area contributed by atoms with Gasteiger partial charge in [0.15, 0.2) is 11.6 Å². The Kier molecular flexibility index (Phi) is 3.81. The number of fused-ring (bicyclic) bond motifs is 1. The summed E-state index contributed by atoms with van der Waals surface area (Å²) in [6, 6.07) is 6.35. The first kappa shape index (κ1) is 15.7. The molecular formula is C17H8F4N2O. The SMILES string of the molecule is N#Cc1cn(Cc2c(F)cccc2F)c2cc(F)c(F)cc2c1=O. The second-order valence-electron chi connectivity index (χ2n) is 5.10. The minimum Gasteiger partial charge on any atom is -0.341 e. The zero-order valence-electron chi connectivity index (χ0n) is 12.0. The molecule has 2 aromatic carbocycles. The standard InChI is InChI=1S/C17H8F4N2O/c18-12-2-1-3-13(19)11(12)8-23-7-9(6-22)17(24)10-4-14(20)15(21)5-16(10)23/h1-5,7H,8H2. The van der Waals surface area contributed by atoms with Crippen molar-refractivity contribution in [1.82, 2.24) is 4.57 Å². The fourth-order valence-corrected chi connectivity index (χ4v) is 2.45. The van der Waals surface area contributed by atoms with Crippen LogP contribution in [0.15, 0.2) is 41.3 Å². The quantitative estimate of drug-likeness (QED) is 0.675. The summed E-state index contributed by atoms with van der Waals surface area (Å²) in [6.45, 7) is -0.394. The number of aromatic nitrogens is 1. The first-order valence-corrected chi connectivity index (χ1v) is 6.77. The highest BCUT2D eigenvalue weighted by Gasteiger charge is 2.16. The highest BCUT2D eigenvalue weighted by Crippen LogP contribution is 2.20. The van der Waals surface area contributed by atoms with Crippen molar-refractivity contribution in [3.05, 3.63) is 81.1 Å². The zero-order chi connectivity index (χ0) is 17.4. The molecule has 1 aromatic heterocycles. The molecule has 7 heteroatoms. The smallest absolute Gasteiger partial charge is 0.207 e. The number of pyridine rings is 1. The maximum atomic E-state index is 13.8. The maximum absolute atomic E-state index is 13.8. The highest BCUT2D eigenvalue weighted by molar-refractivity contribution is 5.80. The van der Waals surface area contributed by atoms with Gasteiger partial charge >= 0.3 is 0 Å². The average Bonchev–Trinajstić information content (AvgIpc) is 2.55. The maximum Gasteiger partial charge on any atom is 0.207 e. The number of hydrogen-bond acceptors (Lipinski definition) is 2. The molecular weight excluding hydrogens is 324 g/mol. The van der Waals surface area contributed by atoms with E-state index in [1.807, 2.05) is 0 Å². The van der Waals surface area contributed by atoms with Crippen LogP contribution in [0.25, 0.3) is 10.9 Å². The Labute approximate surface area is 133 Å². The van der Waals surface area contributed by atoms with E-state index in [2.05, 4.69) is 0 Å². The summed E-state index contributed by atoms with van der Waals surface area (Å²) in [6.07, 6.45) is 1.06. The van der Waals surface area contributed by atoms with Gasteiger partial charge in [-0.2, -0.15) is 5.26 Å². The molecule has 0 aliphatic heterocycles. The van der Waals surface area contributed by atoms with Crippen molar-refractivity contribution in [2.45, 2.75) is 6.54 Å². The summed E-state index contributed by atoms with van der Waals surface area (Å²) in [4.78, 5) is 12.1. The second-order valence-corrected chi connectivity index (χ2v) is 5.10. The first-order chi connectivity index (χ1) is 11.4. The van der Waals surface area contributed by atoms with E-state index in [1.54, 1.807) is 6.07 Å². The molecule has 24 heavy (non-hydrogen) atoms. The molecule has 0 unspecified atom stereocenters. The van der Waals surface area contributed by atoms with Gasteiger partial charge in [0.2, 0.25) is 5.43 Å². The third-order valence-corrected chi connectivity index (χ3v) is 3.63. The van der Waals surface area contributed by atoms with Crippen LogP contribution in [0.1, 0.15) is 11.1 Å². The van der Waals surface area contributed by atoms with Crippen molar-refractivity contribution in [1.29, 1.82) is 5.26 Å². The number of benzene rings is 2. The van der Waals surface area contributed by atoms with E-state index in [9.17, 15) is 22.4 Å². The van der Waals surface area contributed by atoms with E-state index in [-0.39, 0.29) is 22.0 Å². The molecule has 0 radical (unpaired) electrons. The Bertz CT molecular complexity index is 1050. The Balaban J connectivity index is 2.32. The zero-order valence-corrected chi connectivity index (χ0v) is 12.0. The highest BCUT2D eigenvalue weighted by atomic mass is 19.2. The van der Waals surface area contributed by atoms with Crippen molar-refractivity contribution < 1.29 is 17.6 Å². The van der Waals surface area contributed by atoms with Gasteiger partial charge in [0, 0.05) is 17.8 Å². The van der Waals surface area contributed by atoms with Gasteiger partial charge in [-0.3, -0.25) is 4.79 Å². The summed E-state index contributed by atoms with van der Waals surface area (Å²) in [5.41, 5.74) is -1.52. The number of hydrogen-bond donors (Lipinski definition) is 0. The molecule has 0 aliphatic rings. The molecule has 0 atom stereocenters. The van der Waals surface area contributed by atoms with Crippen LogP contribution < -0.4 is 5.43 Å². The number of rotatable bonds is 2. The van der Waals surface area contributed by atoms with Crippen LogP contribution in [0.5, 0.6) is 0 Å². The molecule has 3 rings (SSSR count). The van der Waals surface area contributed by atoms with Gasteiger partial charge in [0.1, 0.15) is 23.3 Å². The predicted octanol–water partition coefficient (Wildman–Crippen LogP) is 3.48. The van der Waals surface area contributed by atoms with Crippen LogP contribution in [0.3, 0.4) is 0 Å². The van der Waals surface area contributed by atoms with Crippen LogP contribution >= 0.6 is 0 Å². The summed E-state index contributed by atoms with van der Waals surface area (Å²) in [5.74, 6) is -4.13. The van der Waals surface area contributed by atoms with Crippen molar-refractivity contribution in [2.24, 2.45) is 0 Å². The molecule has 3 nitrogen and oxygen atoms in total. The lowest BCUT2D eigenvalue weighted by Crippen LogP contribution is -2.15. The molecule has 0 saturated carbocycles. The molecule has 0 fully saturated rings. The fourth-order valence-electron chi connectivity index (χ4n) is 2.45. The van der Waals surface area contributed by atoms with Crippen molar-refractivity contribution >= 4 is 10.9 Å². The minimum atomic E-state index is -1.25. The topological polar surface area (TPSA) is 45.8 Å². The molecule has 0 amide bonds. The van der Waals surface area contributed by atoms with Crippen molar-refractivity contribution in [3.63, 3.8) is 0 Å². The van der Waals surface area contributed by atoms with Crippen LogP contribution in [0.2, 0.25) is 0 Å². The largest absolute Gasteiger partial charge is 0.341 e. The molecule has 0 aliphatic carbocycles. The molecule has 120 valence electrons. The van der Waals surface area contributed by atoms with Gasteiger partial charge in [-0.05, 0) is 18.2 Å². The van der Waals surface area contributed by atoms with Gasteiger partial charge in [-0.25, -0.2) is 17.6 Å². The van der Waals surface area contributed by atoms with Crippen molar-refractivity contribution in [2.75, 3.05) is 0 Å². The molecule has 3 aromatic rings. The lowest BCUT2D eigenvalue weighted by molar-refractivity contribution is 0.509. The Morgan fingerprint density at radius 1 is 1.00 bits per heavy atom. The number of halogens is 4. The summed E-state index contributed by atoms with van der Waals surface area (Å²) >= 11 is 0. The van der Waals surface area contributed by atoms with Crippen LogP contribution in [-0.2, 0) is 6.54 Å². The molecule has 0 spiro atoms. The van der Waals surface area contributed by atoms with Crippen molar-refractivity contribution in [3.8, 4) is 6.07 Å². The third-order valence-electron chi connectivity index (χ3n) is 3.63. The van der Waals surface area contributed by atoms with E-state index in [1.165, 1.54) is 6.07 Å². The monoisotopic (exact) mass is 332 g/mol. The van der Waals surface area contributed by atoms with Gasteiger partial charge < -0.3 is 4.57 Å². The van der Waals surface area contributed by atoms with Gasteiger partial charge in [-0.1, -0.05) is 6.07 Å². The van der Waals surface area contributed by atoms with E-state index in [4.69, 9.17) is 5.26 Å². The minimum absolute atomic E-state index is 0.0689.